The van der Waals surface area contributed by atoms with Crippen LogP contribution in [0.3, 0.4) is 0 Å². The summed E-state index contributed by atoms with van der Waals surface area (Å²) in [6.07, 6.45) is 0. The van der Waals surface area contributed by atoms with E-state index in [1.165, 1.54) is 0 Å². The SMILES string of the molecule is Cc1ccccc1C(=O)N[C@H](C(=O)Nc1cc2c(cc1Br)OCCO2)C(C)C. The fourth-order valence-corrected chi connectivity index (χ4v) is 3.37. The normalized spacial score (nSPS) is 13.8. The molecule has 7 heteroatoms. The second-order valence-electron chi connectivity index (χ2n) is 6.98. The van der Waals surface area contributed by atoms with Gasteiger partial charge in [0.1, 0.15) is 19.3 Å². The number of fused-ring (bicyclic) bond motifs is 1. The molecule has 2 aromatic carbocycles. The number of carbonyl (C=O) groups excluding carboxylic acids is 2. The molecule has 2 amide bonds. The number of benzene rings is 2. The average Bonchev–Trinajstić information content (AvgIpc) is 2.66. The molecule has 0 saturated heterocycles. The summed E-state index contributed by atoms with van der Waals surface area (Å²) in [5.41, 5.74) is 1.98. The third-order valence-electron chi connectivity index (χ3n) is 4.52. The molecular weight excluding hydrogens is 424 g/mol. The predicted octanol–water partition coefficient (Wildman–Crippen LogP) is 3.92. The fraction of sp³-hybridized carbons (Fsp3) is 0.333. The van der Waals surface area contributed by atoms with Gasteiger partial charge < -0.3 is 20.1 Å². The van der Waals surface area contributed by atoms with Crippen LogP contribution in [0.1, 0.15) is 29.8 Å². The zero-order valence-electron chi connectivity index (χ0n) is 16.0. The molecule has 28 heavy (non-hydrogen) atoms. The Kier molecular flexibility index (Phi) is 6.24. The van der Waals surface area contributed by atoms with Crippen LogP contribution in [0.25, 0.3) is 0 Å². The molecular formula is C21H23BrN2O4. The van der Waals surface area contributed by atoms with Crippen molar-refractivity contribution < 1.29 is 19.1 Å². The summed E-state index contributed by atoms with van der Waals surface area (Å²) in [4.78, 5) is 25.6. The Balaban J connectivity index is 1.77. The Morgan fingerprint density at radius 1 is 1.07 bits per heavy atom. The maximum absolute atomic E-state index is 12.9. The van der Waals surface area contributed by atoms with Crippen molar-refractivity contribution in [2.24, 2.45) is 5.92 Å². The van der Waals surface area contributed by atoms with Gasteiger partial charge in [-0.25, -0.2) is 0 Å². The lowest BCUT2D eigenvalue weighted by molar-refractivity contribution is -0.118. The number of carbonyl (C=O) groups is 2. The smallest absolute Gasteiger partial charge is 0.252 e. The number of hydrogen-bond donors (Lipinski definition) is 2. The molecule has 2 N–H and O–H groups in total. The standard InChI is InChI=1S/C21H23BrN2O4/c1-12(2)19(24-20(25)14-7-5-4-6-13(14)3)21(26)23-16-11-18-17(10-15(16)22)27-8-9-28-18/h4-7,10-12,19H,8-9H2,1-3H3,(H,23,26)(H,24,25)/t19-/m0/s1. The average molecular weight is 447 g/mol. The molecule has 0 radical (unpaired) electrons. The first kappa shape index (κ1) is 20.2. The highest BCUT2D eigenvalue weighted by atomic mass is 79.9. The lowest BCUT2D eigenvalue weighted by atomic mass is 10.0. The van der Waals surface area contributed by atoms with Crippen molar-refractivity contribution in [2.45, 2.75) is 26.8 Å². The predicted molar refractivity (Wildman–Crippen MR) is 111 cm³/mol. The number of amides is 2. The fourth-order valence-electron chi connectivity index (χ4n) is 2.95. The van der Waals surface area contributed by atoms with Crippen molar-refractivity contribution >= 4 is 33.4 Å². The van der Waals surface area contributed by atoms with Crippen LogP contribution in [-0.2, 0) is 4.79 Å². The van der Waals surface area contributed by atoms with E-state index in [0.29, 0.717) is 40.4 Å². The number of halogens is 1. The van der Waals surface area contributed by atoms with Crippen LogP contribution in [0.5, 0.6) is 11.5 Å². The van der Waals surface area contributed by atoms with Crippen molar-refractivity contribution in [2.75, 3.05) is 18.5 Å². The summed E-state index contributed by atoms with van der Waals surface area (Å²) in [6, 6.07) is 10.1. The zero-order chi connectivity index (χ0) is 20.3. The van der Waals surface area contributed by atoms with E-state index in [-0.39, 0.29) is 17.7 Å². The summed E-state index contributed by atoms with van der Waals surface area (Å²) < 4.78 is 11.8. The second-order valence-corrected chi connectivity index (χ2v) is 7.83. The van der Waals surface area contributed by atoms with Gasteiger partial charge in [0.05, 0.1) is 5.69 Å². The summed E-state index contributed by atoms with van der Waals surface area (Å²) >= 11 is 3.45. The van der Waals surface area contributed by atoms with Gasteiger partial charge in [0.25, 0.3) is 5.91 Å². The third kappa shape index (κ3) is 4.47. The molecule has 1 heterocycles. The molecule has 0 fully saturated rings. The molecule has 1 aliphatic rings. The van der Waals surface area contributed by atoms with Gasteiger partial charge in [0.2, 0.25) is 5.91 Å². The van der Waals surface area contributed by atoms with E-state index in [0.717, 1.165) is 5.56 Å². The maximum atomic E-state index is 12.9. The number of ether oxygens (including phenoxy) is 2. The van der Waals surface area contributed by atoms with Gasteiger partial charge in [-0.1, -0.05) is 32.0 Å². The second kappa shape index (κ2) is 8.65. The van der Waals surface area contributed by atoms with Crippen LogP contribution < -0.4 is 20.1 Å². The molecule has 0 bridgehead atoms. The molecule has 0 aliphatic carbocycles. The molecule has 0 saturated carbocycles. The molecule has 6 nitrogen and oxygen atoms in total. The van der Waals surface area contributed by atoms with Crippen LogP contribution in [0, 0.1) is 12.8 Å². The van der Waals surface area contributed by atoms with Gasteiger partial charge >= 0.3 is 0 Å². The van der Waals surface area contributed by atoms with Crippen LogP contribution in [0.15, 0.2) is 40.9 Å². The van der Waals surface area contributed by atoms with E-state index in [4.69, 9.17) is 9.47 Å². The van der Waals surface area contributed by atoms with E-state index in [9.17, 15) is 9.59 Å². The van der Waals surface area contributed by atoms with E-state index >= 15 is 0 Å². The summed E-state index contributed by atoms with van der Waals surface area (Å²) in [5, 5.41) is 5.73. The van der Waals surface area contributed by atoms with Gasteiger partial charge in [-0.3, -0.25) is 9.59 Å². The van der Waals surface area contributed by atoms with E-state index in [1.54, 1.807) is 24.3 Å². The monoisotopic (exact) mass is 446 g/mol. The highest BCUT2D eigenvalue weighted by Gasteiger charge is 2.26. The topological polar surface area (TPSA) is 76.7 Å². The lowest BCUT2D eigenvalue weighted by Crippen LogP contribution is -2.47. The Hall–Kier alpha value is -2.54. The van der Waals surface area contributed by atoms with Crippen molar-refractivity contribution in [1.29, 1.82) is 0 Å². The molecule has 2 aromatic rings. The van der Waals surface area contributed by atoms with Gasteiger partial charge in [0, 0.05) is 22.2 Å². The summed E-state index contributed by atoms with van der Waals surface area (Å²) in [7, 11) is 0. The number of hydrogen-bond acceptors (Lipinski definition) is 4. The lowest BCUT2D eigenvalue weighted by Gasteiger charge is -2.24. The van der Waals surface area contributed by atoms with Crippen LogP contribution in [0.4, 0.5) is 5.69 Å². The minimum atomic E-state index is -0.688. The highest BCUT2D eigenvalue weighted by molar-refractivity contribution is 9.10. The van der Waals surface area contributed by atoms with Crippen molar-refractivity contribution in [3.63, 3.8) is 0 Å². The van der Waals surface area contributed by atoms with Crippen molar-refractivity contribution in [3.8, 4) is 11.5 Å². The molecule has 0 unspecified atom stereocenters. The molecule has 148 valence electrons. The Labute approximate surface area is 172 Å². The Bertz CT molecular complexity index is 898. The van der Waals surface area contributed by atoms with Gasteiger partial charge in [-0.2, -0.15) is 0 Å². The summed E-state index contributed by atoms with van der Waals surface area (Å²) in [5.74, 6) is 0.547. The Morgan fingerprint density at radius 2 is 1.71 bits per heavy atom. The van der Waals surface area contributed by atoms with Crippen LogP contribution in [-0.4, -0.2) is 31.1 Å². The minimum Gasteiger partial charge on any atom is -0.486 e. The number of aryl methyl sites for hydroxylation is 1. The largest absolute Gasteiger partial charge is 0.486 e. The molecule has 0 spiro atoms. The molecule has 3 rings (SSSR count). The first-order valence-electron chi connectivity index (χ1n) is 9.13. The first-order valence-corrected chi connectivity index (χ1v) is 9.92. The maximum Gasteiger partial charge on any atom is 0.252 e. The first-order chi connectivity index (χ1) is 13.4. The summed E-state index contributed by atoms with van der Waals surface area (Å²) in [6.45, 7) is 6.60. The van der Waals surface area contributed by atoms with E-state index in [1.807, 2.05) is 32.9 Å². The number of rotatable bonds is 5. The van der Waals surface area contributed by atoms with Gasteiger partial charge in [-0.05, 0) is 40.4 Å². The quantitative estimate of drug-likeness (QED) is 0.729. The molecule has 1 atom stereocenters. The molecule has 1 aliphatic heterocycles. The number of anilines is 1. The minimum absolute atomic E-state index is 0.0936. The highest BCUT2D eigenvalue weighted by Crippen LogP contribution is 2.38. The Morgan fingerprint density at radius 3 is 2.36 bits per heavy atom. The van der Waals surface area contributed by atoms with Crippen molar-refractivity contribution in [1.82, 2.24) is 5.32 Å². The van der Waals surface area contributed by atoms with Crippen LogP contribution in [0.2, 0.25) is 0 Å². The number of nitrogens with one attached hydrogen (secondary N) is 2. The van der Waals surface area contributed by atoms with Crippen molar-refractivity contribution in [3.05, 3.63) is 52.0 Å². The van der Waals surface area contributed by atoms with Crippen LogP contribution >= 0.6 is 15.9 Å². The van der Waals surface area contributed by atoms with E-state index in [2.05, 4.69) is 26.6 Å². The zero-order valence-corrected chi connectivity index (χ0v) is 17.6. The molecule has 0 aromatic heterocycles. The van der Waals surface area contributed by atoms with E-state index < -0.39 is 6.04 Å². The van der Waals surface area contributed by atoms with Gasteiger partial charge in [-0.15, -0.1) is 0 Å². The third-order valence-corrected chi connectivity index (χ3v) is 5.17. The van der Waals surface area contributed by atoms with Gasteiger partial charge in [0.15, 0.2) is 11.5 Å².